The molecule has 1 aromatic heterocycles. The Hall–Kier alpha value is -4.69. The molecule has 4 aromatic rings. The van der Waals surface area contributed by atoms with Crippen LogP contribution >= 0.6 is 11.6 Å². The molecule has 1 fully saturated rings. The lowest BCUT2D eigenvalue weighted by Gasteiger charge is -2.18. The smallest absolute Gasteiger partial charge is 0.335 e. The molecule has 5 rings (SSSR count). The maximum absolute atomic E-state index is 13.1. The molecule has 0 spiro atoms. The minimum Gasteiger partial charge on any atom is -0.478 e. The molecule has 1 atom stereocenters. The maximum atomic E-state index is 13.1. The van der Waals surface area contributed by atoms with E-state index in [1.807, 2.05) is 36.4 Å². The van der Waals surface area contributed by atoms with E-state index in [4.69, 9.17) is 22.4 Å². The fourth-order valence-corrected chi connectivity index (χ4v) is 4.86. The van der Waals surface area contributed by atoms with Crippen molar-refractivity contribution in [1.29, 1.82) is 0 Å². The van der Waals surface area contributed by atoms with Gasteiger partial charge in [0.25, 0.3) is 11.8 Å². The first-order valence-electron chi connectivity index (χ1n) is 12.3. The largest absolute Gasteiger partial charge is 0.478 e. The summed E-state index contributed by atoms with van der Waals surface area (Å²) < 4.78 is 0. The monoisotopic (exact) mass is 540 g/mol. The summed E-state index contributed by atoms with van der Waals surface area (Å²) in [6.07, 6.45) is 2.15. The molecule has 4 N–H and O–H groups in total. The molecular formula is C30H25ClN4O4. The lowest BCUT2D eigenvalue weighted by Crippen LogP contribution is -2.38. The molecule has 0 saturated carbocycles. The zero-order chi connectivity index (χ0) is 27.5. The number of nitrogens with two attached hydrogens (primary N) is 1. The molecule has 0 radical (unpaired) electrons. The minimum absolute atomic E-state index is 0.0861. The Morgan fingerprint density at radius 3 is 2.28 bits per heavy atom. The van der Waals surface area contributed by atoms with Crippen LogP contribution in [0.1, 0.15) is 37.5 Å². The van der Waals surface area contributed by atoms with Crippen LogP contribution in [0.2, 0.25) is 5.02 Å². The average Bonchev–Trinajstić information content (AvgIpc) is 3.41. The van der Waals surface area contributed by atoms with Crippen LogP contribution in [-0.4, -0.2) is 51.9 Å². The van der Waals surface area contributed by atoms with Crippen molar-refractivity contribution in [3.8, 4) is 22.3 Å². The van der Waals surface area contributed by atoms with Crippen LogP contribution in [0, 0.1) is 0 Å². The number of aromatic nitrogens is 1. The van der Waals surface area contributed by atoms with Gasteiger partial charge in [0.05, 0.1) is 11.1 Å². The molecule has 39 heavy (non-hydrogen) atoms. The van der Waals surface area contributed by atoms with Gasteiger partial charge in [0.1, 0.15) is 5.82 Å². The van der Waals surface area contributed by atoms with Crippen LogP contribution in [0.15, 0.2) is 85.1 Å². The van der Waals surface area contributed by atoms with Crippen LogP contribution in [0.5, 0.6) is 0 Å². The predicted octanol–water partition coefficient (Wildman–Crippen LogP) is 4.99. The standard InChI is InChI=1S/C30H25ClN4O4/c31-26-4-2-1-3-24(26)19-7-9-20(10-8-19)29(37)35-14-13-23(17-35)34-28(36)25-15-22(16-33-27(25)32)18-5-11-21(12-6-18)30(38)39/h1-12,15-16,23H,13-14,17H2,(H2,32,33)(H,34,36)(H,38,39)/t23-/m1/s1. The first-order chi connectivity index (χ1) is 18.8. The summed E-state index contributed by atoms with van der Waals surface area (Å²) in [6, 6.07) is 22.5. The highest BCUT2D eigenvalue weighted by Crippen LogP contribution is 2.28. The molecule has 8 nitrogen and oxygen atoms in total. The topological polar surface area (TPSA) is 126 Å². The van der Waals surface area contributed by atoms with Crippen molar-refractivity contribution in [2.24, 2.45) is 0 Å². The zero-order valence-electron chi connectivity index (χ0n) is 20.8. The number of halogens is 1. The SMILES string of the molecule is Nc1ncc(-c2ccc(C(=O)O)cc2)cc1C(=O)N[C@@H]1CCN(C(=O)c2ccc(-c3ccccc3Cl)cc2)C1. The van der Waals surface area contributed by atoms with Gasteiger partial charge >= 0.3 is 5.97 Å². The number of hydrogen-bond acceptors (Lipinski definition) is 5. The number of carbonyl (C=O) groups excluding carboxylic acids is 2. The third kappa shape index (κ3) is 5.61. The van der Waals surface area contributed by atoms with E-state index in [1.165, 1.54) is 18.3 Å². The second kappa shape index (κ2) is 11.0. The third-order valence-corrected chi connectivity index (χ3v) is 7.09. The van der Waals surface area contributed by atoms with Gasteiger partial charge in [0.15, 0.2) is 0 Å². The van der Waals surface area contributed by atoms with Gasteiger partial charge < -0.3 is 21.1 Å². The molecule has 196 valence electrons. The van der Waals surface area contributed by atoms with Crippen molar-refractivity contribution in [3.63, 3.8) is 0 Å². The van der Waals surface area contributed by atoms with Crippen molar-refractivity contribution in [1.82, 2.24) is 15.2 Å². The van der Waals surface area contributed by atoms with Crippen LogP contribution < -0.4 is 11.1 Å². The summed E-state index contributed by atoms with van der Waals surface area (Å²) in [7, 11) is 0. The lowest BCUT2D eigenvalue weighted by atomic mass is 10.0. The Kier molecular flexibility index (Phi) is 7.29. The number of benzene rings is 3. The number of carbonyl (C=O) groups is 3. The fourth-order valence-electron chi connectivity index (χ4n) is 4.62. The van der Waals surface area contributed by atoms with Gasteiger partial charge in [0, 0.05) is 47.0 Å². The van der Waals surface area contributed by atoms with Crippen molar-refractivity contribution in [2.45, 2.75) is 12.5 Å². The van der Waals surface area contributed by atoms with E-state index in [0.717, 1.165) is 11.1 Å². The molecule has 1 aliphatic rings. The first-order valence-corrected chi connectivity index (χ1v) is 12.7. The number of nitrogens with one attached hydrogen (secondary N) is 1. The summed E-state index contributed by atoms with van der Waals surface area (Å²) in [6.45, 7) is 0.889. The summed E-state index contributed by atoms with van der Waals surface area (Å²) >= 11 is 6.29. The van der Waals surface area contributed by atoms with E-state index in [-0.39, 0.29) is 34.8 Å². The summed E-state index contributed by atoms with van der Waals surface area (Å²) in [5.41, 5.74) is 10.1. The molecule has 0 unspecified atom stereocenters. The number of pyridine rings is 1. The van der Waals surface area contributed by atoms with Crippen LogP contribution in [0.25, 0.3) is 22.3 Å². The van der Waals surface area contributed by atoms with Gasteiger partial charge in [-0.1, -0.05) is 54.1 Å². The highest BCUT2D eigenvalue weighted by molar-refractivity contribution is 6.33. The Morgan fingerprint density at radius 1 is 0.923 bits per heavy atom. The van der Waals surface area contributed by atoms with Gasteiger partial charge in [0.2, 0.25) is 0 Å². The number of aromatic carboxylic acids is 1. The van der Waals surface area contributed by atoms with Gasteiger partial charge in [-0.15, -0.1) is 0 Å². The highest BCUT2D eigenvalue weighted by atomic mass is 35.5. The number of amides is 2. The van der Waals surface area contributed by atoms with E-state index in [0.29, 0.717) is 41.2 Å². The molecule has 9 heteroatoms. The molecule has 0 aliphatic carbocycles. The first kappa shape index (κ1) is 25.9. The van der Waals surface area contributed by atoms with Crippen LogP contribution in [0.4, 0.5) is 5.82 Å². The fraction of sp³-hybridized carbons (Fsp3) is 0.133. The Labute approximate surface area is 230 Å². The van der Waals surface area contributed by atoms with E-state index < -0.39 is 5.97 Å². The molecule has 1 saturated heterocycles. The van der Waals surface area contributed by atoms with Gasteiger partial charge in [-0.05, 0) is 53.9 Å². The normalized spacial score (nSPS) is 14.7. The van der Waals surface area contributed by atoms with Crippen LogP contribution in [0.3, 0.4) is 0 Å². The lowest BCUT2D eigenvalue weighted by molar-refractivity contribution is 0.0696. The average molecular weight is 541 g/mol. The second-order valence-electron chi connectivity index (χ2n) is 9.31. The van der Waals surface area contributed by atoms with Gasteiger partial charge in [-0.3, -0.25) is 9.59 Å². The van der Waals surface area contributed by atoms with E-state index in [1.54, 1.807) is 35.2 Å². The number of carboxylic acid groups (broad SMARTS) is 1. The minimum atomic E-state index is -1.02. The van der Waals surface area contributed by atoms with Crippen molar-refractivity contribution in [3.05, 3.63) is 107 Å². The molecule has 2 heterocycles. The van der Waals surface area contributed by atoms with E-state index in [2.05, 4.69) is 10.3 Å². The van der Waals surface area contributed by atoms with Crippen LogP contribution in [-0.2, 0) is 0 Å². The molecule has 0 bridgehead atoms. The number of likely N-dealkylation sites (tertiary alicyclic amines) is 1. The van der Waals surface area contributed by atoms with Crippen molar-refractivity contribution < 1.29 is 19.5 Å². The molecular weight excluding hydrogens is 516 g/mol. The molecule has 2 amide bonds. The zero-order valence-corrected chi connectivity index (χ0v) is 21.6. The van der Waals surface area contributed by atoms with E-state index in [9.17, 15) is 14.4 Å². The Morgan fingerprint density at radius 2 is 1.59 bits per heavy atom. The molecule has 3 aromatic carbocycles. The number of rotatable bonds is 6. The van der Waals surface area contributed by atoms with E-state index >= 15 is 0 Å². The van der Waals surface area contributed by atoms with Gasteiger partial charge in [-0.2, -0.15) is 0 Å². The quantitative estimate of drug-likeness (QED) is 0.316. The second-order valence-corrected chi connectivity index (χ2v) is 9.71. The summed E-state index contributed by atoms with van der Waals surface area (Å²) in [5, 5.41) is 12.7. The Balaban J connectivity index is 1.23. The summed E-state index contributed by atoms with van der Waals surface area (Å²) in [5.74, 6) is -1.42. The number of nitrogens with zero attached hydrogens (tertiary/aromatic N) is 2. The number of anilines is 1. The Bertz CT molecular complexity index is 1550. The third-order valence-electron chi connectivity index (χ3n) is 6.76. The number of carboxylic acids is 1. The van der Waals surface area contributed by atoms with Crippen molar-refractivity contribution >= 4 is 35.2 Å². The van der Waals surface area contributed by atoms with Gasteiger partial charge in [-0.25, -0.2) is 9.78 Å². The predicted molar refractivity (Wildman–Crippen MR) is 150 cm³/mol. The highest BCUT2D eigenvalue weighted by Gasteiger charge is 2.29. The number of nitrogen functional groups attached to an aromatic ring is 1. The van der Waals surface area contributed by atoms with Crippen molar-refractivity contribution in [2.75, 3.05) is 18.8 Å². The maximum Gasteiger partial charge on any atom is 0.335 e. The summed E-state index contributed by atoms with van der Waals surface area (Å²) in [4.78, 5) is 43.2. The molecule has 1 aliphatic heterocycles. The number of hydrogen-bond donors (Lipinski definition) is 3.